The minimum absolute atomic E-state index is 0.00499. The molecule has 7 heteroatoms. The zero-order valence-corrected chi connectivity index (χ0v) is 15.6. The molecule has 0 aromatic heterocycles. The number of amides is 1. The van der Waals surface area contributed by atoms with Gasteiger partial charge in [-0.1, -0.05) is 0 Å². The number of cyclic esters (lactones) is 1. The Morgan fingerprint density at radius 2 is 1.92 bits per heavy atom. The van der Waals surface area contributed by atoms with E-state index >= 15 is 0 Å². The third-order valence-electron chi connectivity index (χ3n) is 5.92. The van der Waals surface area contributed by atoms with Crippen LogP contribution in [-0.2, 0) is 11.2 Å². The minimum atomic E-state index is -0.236. The zero-order valence-electron chi connectivity index (χ0n) is 15.6. The van der Waals surface area contributed by atoms with Gasteiger partial charge in [-0.25, -0.2) is 4.79 Å². The maximum atomic E-state index is 12.1. The van der Waals surface area contributed by atoms with Crippen molar-refractivity contribution in [3.8, 4) is 11.5 Å². The molecule has 7 nitrogen and oxygen atoms in total. The standard InChI is InChI=1S/C19H27N3O4/c1-11-9-22(19(23)26-11)16-10-21-5-4-12-6-17(24-2)18(25-3)7-13(12)15(21)8-14(16)20/h6-7,11,14-16H,4-5,8-10,20H2,1-3H3. The van der Waals surface area contributed by atoms with Crippen molar-refractivity contribution in [2.75, 3.05) is 33.9 Å². The number of rotatable bonds is 3. The highest BCUT2D eigenvalue weighted by Crippen LogP contribution is 2.42. The van der Waals surface area contributed by atoms with Crippen molar-refractivity contribution in [3.05, 3.63) is 23.3 Å². The van der Waals surface area contributed by atoms with E-state index in [9.17, 15) is 4.79 Å². The van der Waals surface area contributed by atoms with Gasteiger partial charge in [0.15, 0.2) is 11.5 Å². The molecule has 4 rings (SSSR count). The second-order valence-electron chi connectivity index (χ2n) is 7.48. The average Bonchev–Trinajstić information content (AvgIpc) is 2.97. The van der Waals surface area contributed by atoms with Crippen molar-refractivity contribution in [1.29, 1.82) is 0 Å². The molecule has 1 aromatic carbocycles. The van der Waals surface area contributed by atoms with E-state index in [1.54, 1.807) is 14.2 Å². The highest BCUT2D eigenvalue weighted by molar-refractivity contribution is 5.70. The van der Waals surface area contributed by atoms with Crippen LogP contribution in [-0.4, -0.2) is 67.9 Å². The van der Waals surface area contributed by atoms with Crippen LogP contribution in [0.5, 0.6) is 11.5 Å². The van der Waals surface area contributed by atoms with Gasteiger partial charge in [-0.15, -0.1) is 0 Å². The van der Waals surface area contributed by atoms with Gasteiger partial charge < -0.3 is 19.9 Å². The first-order valence-corrected chi connectivity index (χ1v) is 9.23. The monoisotopic (exact) mass is 361 g/mol. The number of methoxy groups -OCH3 is 2. The smallest absolute Gasteiger partial charge is 0.410 e. The number of nitrogens with zero attached hydrogens (tertiary/aromatic N) is 2. The Labute approximate surface area is 154 Å². The van der Waals surface area contributed by atoms with E-state index in [1.807, 2.05) is 11.8 Å². The number of piperidine rings is 1. The van der Waals surface area contributed by atoms with Crippen LogP contribution < -0.4 is 15.2 Å². The maximum Gasteiger partial charge on any atom is 0.410 e. The molecule has 3 aliphatic heterocycles. The average molecular weight is 361 g/mol. The Kier molecular flexibility index (Phi) is 4.44. The largest absolute Gasteiger partial charge is 0.493 e. The Balaban J connectivity index is 1.60. The molecule has 26 heavy (non-hydrogen) atoms. The van der Waals surface area contributed by atoms with Gasteiger partial charge >= 0.3 is 6.09 Å². The molecule has 4 atom stereocenters. The fourth-order valence-corrected chi connectivity index (χ4v) is 4.59. The van der Waals surface area contributed by atoms with Crippen LogP contribution in [0.4, 0.5) is 4.79 Å². The normalized spacial score (nSPS) is 31.2. The molecular formula is C19H27N3O4. The van der Waals surface area contributed by atoms with Gasteiger partial charge in [0.2, 0.25) is 0 Å². The van der Waals surface area contributed by atoms with Crippen molar-refractivity contribution >= 4 is 6.09 Å². The molecular weight excluding hydrogens is 334 g/mol. The summed E-state index contributed by atoms with van der Waals surface area (Å²) in [6.07, 6.45) is 1.46. The van der Waals surface area contributed by atoms with Crippen LogP contribution in [0.25, 0.3) is 0 Å². The van der Waals surface area contributed by atoms with E-state index in [1.165, 1.54) is 11.1 Å². The van der Waals surface area contributed by atoms with Crippen LogP contribution in [0.2, 0.25) is 0 Å². The number of carbonyl (C=O) groups is 1. The lowest BCUT2D eigenvalue weighted by Gasteiger charge is -2.48. The topological polar surface area (TPSA) is 77.3 Å². The summed E-state index contributed by atoms with van der Waals surface area (Å²) >= 11 is 0. The summed E-state index contributed by atoms with van der Waals surface area (Å²) in [5.41, 5.74) is 9.08. The molecule has 142 valence electrons. The molecule has 0 saturated carbocycles. The fourth-order valence-electron chi connectivity index (χ4n) is 4.59. The molecule has 0 radical (unpaired) electrons. The van der Waals surface area contributed by atoms with Crippen molar-refractivity contribution in [1.82, 2.24) is 9.80 Å². The molecule has 3 aliphatic rings. The van der Waals surface area contributed by atoms with E-state index in [2.05, 4.69) is 17.0 Å². The highest BCUT2D eigenvalue weighted by Gasteiger charge is 2.44. The predicted molar refractivity (Wildman–Crippen MR) is 96.6 cm³/mol. The van der Waals surface area contributed by atoms with Gasteiger partial charge in [-0.05, 0) is 43.0 Å². The number of hydrogen-bond donors (Lipinski definition) is 1. The van der Waals surface area contributed by atoms with Crippen molar-refractivity contribution in [2.45, 2.75) is 44.0 Å². The lowest BCUT2D eigenvalue weighted by Crippen LogP contribution is -2.60. The predicted octanol–water partition coefficient (Wildman–Crippen LogP) is 1.54. The number of hydrogen-bond acceptors (Lipinski definition) is 6. The third-order valence-corrected chi connectivity index (χ3v) is 5.92. The first-order valence-electron chi connectivity index (χ1n) is 9.23. The summed E-state index contributed by atoms with van der Waals surface area (Å²) in [6.45, 7) is 4.28. The fraction of sp³-hybridized carbons (Fsp3) is 0.632. The molecule has 1 amide bonds. The van der Waals surface area contributed by atoms with Crippen LogP contribution in [0.1, 0.15) is 30.5 Å². The quantitative estimate of drug-likeness (QED) is 0.880. The summed E-state index contributed by atoms with van der Waals surface area (Å²) in [5.74, 6) is 1.52. The summed E-state index contributed by atoms with van der Waals surface area (Å²) in [7, 11) is 3.32. The molecule has 0 aliphatic carbocycles. The van der Waals surface area contributed by atoms with Crippen molar-refractivity contribution in [2.24, 2.45) is 5.73 Å². The zero-order chi connectivity index (χ0) is 18.4. The minimum Gasteiger partial charge on any atom is -0.493 e. The molecule has 3 heterocycles. The van der Waals surface area contributed by atoms with E-state index in [4.69, 9.17) is 19.9 Å². The molecule has 0 bridgehead atoms. The third kappa shape index (κ3) is 2.79. The Morgan fingerprint density at radius 1 is 1.19 bits per heavy atom. The van der Waals surface area contributed by atoms with Gasteiger partial charge in [0.05, 0.1) is 26.8 Å². The van der Waals surface area contributed by atoms with E-state index in [0.717, 1.165) is 37.4 Å². The van der Waals surface area contributed by atoms with Crippen molar-refractivity contribution < 1.29 is 19.0 Å². The van der Waals surface area contributed by atoms with Gasteiger partial charge in [0, 0.05) is 25.2 Å². The van der Waals surface area contributed by atoms with E-state index in [0.29, 0.717) is 6.54 Å². The molecule has 1 aromatic rings. The van der Waals surface area contributed by atoms with E-state index in [-0.39, 0.29) is 30.3 Å². The summed E-state index contributed by atoms with van der Waals surface area (Å²) in [4.78, 5) is 16.4. The number of carbonyl (C=O) groups excluding carboxylic acids is 1. The van der Waals surface area contributed by atoms with Gasteiger partial charge in [-0.2, -0.15) is 0 Å². The second-order valence-corrected chi connectivity index (χ2v) is 7.48. The lowest BCUT2D eigenvalue weighted by atomic mass is 9.83. The van der Waals surface area contributed by atoms with Gasteiger partial charge in [0.1, 0.15) is 6.10 Å². The summed E-state index contributed by atoms with van der Waals surface area (Å²) < 4.78 is 16.2. The second kappa shape index (κ2) is 6.63. The highest BCUT2D eigenvalue weighted by atomic mass is 16.6. The SMILES string of the molecule is COc1cc2c(cc1OC)C1CC(N)C(N3CC(C)OC3=O)CN1CC2. The van der Waals surface area contributed by atoms with Crippen LogP contribution in [0, 0.1) is 0 Å². The van der Waals surface area contributed by atoms with Gasteiger partial charge in [0.25, 0.3) is 0 Å². The first-order chi connectivity index (χ1) is 12.5. The first kappa shape index (κ1) is 17.4. The molecule has 2 N–H and O–H groups in total. The summed E-state index contributed by atoms with van der Waals surface area (Å²) in [5, 5.41) is 0. The number of ether oxygens (including phenoxy) is 3. The molecule has 2 fully saturated rings. The van der Waals surface area contributed by atoms with Gasteiger partial charge in [-0.3, -0.25) is 9.80 Å². The van der Waals surface area contributed by atoms with Crippen LogP contribution >= 0.6 is 0 Å². The van der Waals surface area contributed by atoms with Crippen LogP contribution in [0.3, 0.4) is 0 Å². The number of nitrogens with two attached hydrogens (primary N) is 1. The van der Waals surface area contributed by atoms with E-state index < -0.39 is 0 Å². The molecule has 4 unspecified atom stereocenters. The van der Waals surface area contributed by atoms with Crippen molar-refractivity contribution in [3.63, 3.8) is 0 Å². The maximum absolute atomic E-state index is 12.1. The Bertz CT molecular complexity index is 710. The Morgan fingerprint density at radius 3 is 2.58 bits per heavy atom. The Hall–Kier alpha value is -1.99. The molecule has 0 spiro atoms. The lowest BCUT2D eigenvalue weighted by molar-refractivity contribution is 0.0566. The number of benzene rings is 1. The summed E-state index contributed by atoms with van der Waals surface area (Å²) in [6, 6.07) is 4.35. The molecule has 2 saturated heterocycles. The number of fused-ring (bicyclic) bond motifs is 3. The van der Waals surface area contributed by atoms with Crippen LogP contribution in [0.15, 0.2) is 12.1 Å².